The van der Waals surface area contributed by atoms with Gasteiger partial charge in [-0.05, 0) is 36.0 Å². The topological polar surface area (TPSA) is 33.1 Å². The lowest BCUT2D eigenvalue weighted by Crippen LogP contribution is -1.90. The quantitative estimate of drug-likeness (QED) is 0.805. The first-order valence-corrected chi connectivity index (χ1v) is 5.34. The van der Waals surface area contributed by atoms with Gasteiger partial charge in [0.05, 0.1) is 5.52 Å². The van der Waals surface area contributed by atoms with Gasteiger partial charge in [-0.25, -0.2) is 0 Å². The van der Waals surface area contributed by atoms with Crippen LogP contribution in [0.25, 0.3) is 10.9 Å². The highest BCUT2D eigenvalue weighted by molar-refractivity contribution is 5.78. The molecule has 1 aliphatic rings. The minimum atomic E-state index is 0.303. The summed E-state index contributed by atoms with van der Waals surface area (Å²) in [5.74, 6) is 1.00. The second-order valence-corrected chi connectivity index (χ2v) is 4.25. The van der Waals surface area contributed by atoms with E-state index in [9.17, 15) is 0 Å². The van der Waals surface area contributed by atoms with E-state index in [1.807, 2.05) is 24.4 Å². The largest absolute Gasteiger partial charge is 0.396 e. The first-order chi connectivity index (χ1) is 7.38. The van der Waals surface area contributed by atoms with E-state index in [-0.39, 0.29) is 0 Å². The van der Waals surface area contributed by atoms with Crippen molar-refractivity contribution in [3.8, 4) is 0 Å². The summed E-state index contributed by atoms with van der Waals surface area (Å²) in [6.07, 6.45) is 3.05. The van der Waals surface area contributed by atoms with Crippen molar-refractivity contribution in [2.45, 2.75) is 12.3 Å². The summed E-state index contributed by atoms with van der Waals surface area (Å²) in [7, 11) is 0. The molecule has 0 spiro atoms. The van der Waals surface area contributed by atoms with Crippen LogP contribution in [0.5, 0.6) is 0 Å². The summed E-state index contributed by atoms with van der Waals surface area (Å²) in [5.41, 5.74) is 2.31. The number of aliphatic hydroxyl groups is 1. The number of hydrogen-bond acceptors (Lipinski definition) is 2. The number of aliphatic hydroxyl groups excluding tert-OH is 1. The molecule has 1 N–H and O–H groups in total. The maximum absolute atomic E-state index is 9.03. The zero-order valence-electron chi connectivity index (χ0n) is 8.43. The fourth-order valence-corrected chi connectivity index (χ4v) is 2.15. The third kappa shape index (κ3) is 1.51. The molecule has 1 aromatic carbocycles. The molecule has 0 radical (unpaired) electrons. The monoisotopic (exact) mass is 199 g/mol. The predicted octanol–water partition coefficient (Wildman–Crippen LogP) is 2.33. The molecule has 0 bridgehead atoms. The van der Waals surface area contributed by atoms with Gasteiger partial charge >= 0.3 is 0 Å². The molecule has 0 amide bonds. The first kappa shape index (κ1) is 8.86. The molecule has 3 rings (SSSR count). The minimum Gasteiger partial charge on any atom is -0.396 e. The number of rotatable bonds is 2. The average Bonchev–Trinajstić information content (AvgIpc) is 3.08. The molecule has 1 aromatic heterocycles. The van der Waals surface area contributed by atoms with Gasteiger partial charge in [-0.3, -0.25) is 4.98 Å². The second-order valence-electron chi connectivity index (χ2n) is 4.25. The van der Waals surface area contributed by atoms with Crippen molar-refractivity contribution in [1.82, 2.24) is 4.98 Å². The molecule has 2 aromatic rings. The molecule has 0 saturated heterocycles. The highest BCUT2D eigenvalue weighted by Gasteiger charge is 2.37. The molecule has 1 saturated carbocycles. The summed E-state index contributed by atoms with van der Waals surface area (Å²) in [6.45, 7) is 0.303. The fraction of sp³-hybridized carbons (Fsp3) is 0.308. The van der Waals surface area contributed by atoms with E-state index in [4.69, 9.17) is 5.11 Å². The Morgan fingerprint density at radius 1 is 1.33 bits per heavy atom. The van der Waals surface area contributed by atoms with Gasteiger partial charge in [-0.1, -0.05) is 18.2 Å². The Kier molecular flexibility index (Phi) is 1.96. The van der Waals surface area contributed by atoms with Crippen molar-refractivity contribution in [3.63, 3.8) is 0 Å². The van der Waals surface area contributed by atoms with Crippen LogP contribution in [-0.4, -0.2) is 16.7 Å². The number of nitrogens with zero attached hydrogens (tertiary/aromatic N) is 1. The SMILES string of the molecule is OC[C@@H]1C[C@H]1c1cnc2ccccc2c1. The van der Waals surface area contributed by atoms with Crippen LogP contribution in [0.1, 0.15) is 17.9 Å². The number of para-hydroxylation sites is 1. The van der Waals surface area contributed by atoms with Gasteiger partial charge in [0, 0.05) is 18.2 Å². The average molecular weight is 199 g/mol. The number of pyridine rings is 1. The highest BCUT2D eigenvalue weighted by atomic mass is 16.3. The van der Waals surface area contributed by atoms with Crippen LogP contribution in [0.2, 0.25) is 0 Å². The Bertz CT molecular complexity index is 495. The van der Waals surface area contributed by atoms with Crippen LogP contribution >= 0.6 is 0 Å². The molecular formula is C13H13NO. The summed E-state index contributed by atoms with van der Waals surface area (Å²) < 4.78 is 0. The molecule has 2 heteroatoms. The van der Waals surface area contributed by atoms with Crippen LogP contribution < -0.4 is 0 Å². The molecule has 2 nitrogen and oxygen atoms in total. The Hall–Kier alpha value is -1.41. The molecule has 1 aliphatic carbocycles. The Morgan fingerprint density at radius 3 is 3.00 bits per heavy atom. The second kappa shape index (κ2) is 3.31. The van der Waals surface area contributed by atoms with Crippen molar-refractivity contribution in [2.75, 3.05) is 6.61 Å². The van der Waals surface area contributed by atoms with Crippen molar-refractivity contribution >= 4 is 10.9 Å². The maximum Gasteiger partial charge on any atom is 0.0702 e. The third-order valence-electron chi connectivity index (χ3n) is 3.20. The van der Waals surface area contributed by atoms with Crippen molar-refractivity contribution < 1.29 is 5.11 Å². The Morgan fingerprint density at radius 2 is 2.20 bits per heavy atom. The van der Waals surface area contributed by atoms with Gasteiger partial charge in [-0.15, -0.1) is 0 Å². The van der Waals surface area contributed by atoms with Crippen LogP contribution in [0.4, 0.5) is 0 Å². The van der Waals surface area contributed by atoms with E-state index >= 15 is 0 Å². The van der Waals surface area contributed by atoms with Crippen LogP contribution in [-0.2, 0) is 0 Å². The van der Waals surface area contributed by atoms with E-state index in [0.29, 0.717) is 18.4 Å². The molecule has 0 unspecified atom stereocenters. The summed E-state index contributed by atoms with van der Waals surface area (Å²) in [4.78, 5) is 4.43. The number of fused-ring (bicyclic) bond motifs is 1. The van der Waals surface area contributed by atoms with Crippen LogP contribution in [0.3, 0.4) is 0 Å². The number of aromatic nitrogens is 1. The summed E-state index contributed by atoms with van der Waals surface area (Å²) in [5, 5.41) is 10.2. The maximum atomic E-state index is 9.03. The van der Waals surface area contributed by atoms with Gasteiger partial charge in [0.2, 0.25) is 0 Å². The van der Waals surface area contributed by atoms with Crippen LogP contribution in [0, 0.1) is 5.92 Å². The Balaban J connectivity index is 2.00. The van der Waals surface area contributed by atoms with E-state index in [1.165, 1.54) is 10.9 Å². The predicted molar refractivity (Wildman–Crippen MR) is 59.7 cm³/mol. The molecule has 0 aliphatic heterocycles. The van der Waals surface area contributed by atoms with Gasteiger partial charge in [0.1, 0.15) is 0 Å². The van der Waals surface area contributed by atoms with Crippen LogP contribution in [0.15, 0.2) is 36.5 Å². The molecule has 1 heterocycles. The highest BCUT2D eigenvalue weighted by Crippen LogP contribution is 2.47. The summed E-state index contributed by atoms with van der Waals surface area (Å²) in [6, 6.07) is 10.3. The van der Waals surface area contributed by atoms with Crippen molar-refractivity contribution in [2.24, 2.45) is 5.92 Å². The van der Waals surface area contributed by atoms with Gasteiger partial charge in [0.25, 0.3) is 0 Å². The van der Waals surface area contributed by atoms with E-state index < -0.39 is 0 Å². The standard InChI is InChI=1S/C13H13NO/c15-8-11-6-12(11)10-5-9-3-1-2-4-13(9)14-7-10/h1-5,7,11-12,15H,6,8H2/t11-,12-/m0/s1. The Labute approximate surface area is 88.6 Å². The van der Waals surface area contributed by atoms with Gasteiger partial charge in [-0.2, -0.15) is 0 Å². The number of benzene rings is 1. The molecular weight excluding hydrogens is 186 g/mol. The smallest absolute Gasteiger partial charge is 0.0702 e. The van der Waals surface area contributed by atoms with E-state index in [0.717, 1.165) is 11.9 Å². The molecule has 15 heavy (non-hydrogen) atoms. The van der Waals surface area contributed by atoms with Crippen molar-refractivity contribution in [3.05, 3.63) is 42.1 Å². The first-order valence-electron chi connectivity index (χ1n) is 5.34. The molecule has 1 fully saturated rings. The third-order valence-corrected chi connectivity index (χ3v) is 3.20. The minimum absolute atomic E-state index is 0.303. The van der Waals surface area contributed by atoms with Gasteiger partial charge < -0.3 is 5.11 Å². The normalized spacial score (nSPS) is 24.3. The number of hydrogen-bond donors (Lipinski definition) is 1. The molecule has 76 valence electrons. The lowest BCUT2D eigenvalue weighted by Gasteiger charge is -2.01. The zero-order chi connectivity index (χ0) is 10.3. The summed E-state index contributed by atoms with van der Waals surface area (Å²) >= 11 is 0. The fourth-order valence-electron chi connectivity index (χ4n) is 2.15. The lowest BCUT2D eigenvalue weighted by atomic mass is 10.1. The lowest BCUT2D eigenvalue weighted by molar-refractivity contribution is 0.274. The van der Waals surface area contributed by atoms with Crippen molar-refractivity contribution in [1.29, 1.82) is 0 Å². The van der Waals surface area contributed by atoms with E-state index in [2.05, 4.69) is 17.1 Å². The van der Waals surface area contributed by atoms with E-state index in [1.54, 1.807) is 0 Å². The molecule has 2 atom stereocenters. The zero-order valence-corrected chi connectivity index (χ0v) is 8.43. The van der Waals surface area contributed by atoms with Gasteiger partial charge in [0.15, 0.2) is 0 Å².